The van der Waals surface area contributed by atoms with Crippen LogP contribution in [0.1, 0.15) is 39.2 Å². The fourth-order valence-electron chi connectivity index (χ4n) is 2.36. The topological polar surface area (TPSA) is 47.6 Å². The van der Waals surface area contributed by atoms with Crippen molar-refractivity contribution in [3.8, 4) is 11.5 Å². The van der Waals surface area contributed by atoms with E-state index in [4.69, 9.17) is 9.47 Å². The number of amides is 1. The number of anilines is 1. The Labute approximate surface area is 150 Å². The summed E-state index contributed by atoms with van der Waals surface area (Å²) in [7, 11) is 0. The molecule has 0 spiro atoms. The summed E-state index contributed by atoms with van der Waals surface area (Å²) in [6.45, 7) is 9.01. The molecule has 0 aliphatic carbocycles. The van der Waals surface area contributed by atoms with Gasteiger partial charge in [0.2, 0.25) is 0 Å². The van der Waals surface area contributed by atoms with E-state index >= 15 is 0 Å². The van der Waals surface area contributed by atoms with Crippen molar-refractivity contribution in [2.45, 2.75) is 33.6 Å². The number of carbonyl (C=O) groups excluding carboxylic acids is 1. The van der Waals surface area contributed by atoms with E-state index in [1.807, 2.05) is 48.5 Å². The molecule has 2 rings (SSSR count). The maximum absolute atomic E-state index is 12.2. The Morgan fingerprint density at radius 1 is 1.00 bits per heavy atom. The maximum atomic E-state index is 12.2. The molecule has 1 amide bonds. The van der Waals surface area contributed by atoms with Crippen LogP contribution in [0.15, 0.2) is 48.5 Å². The number of rotatable bonds is 8. The second-order valence-corrected chi connectivity index (χ2v) is 6.76. The molecule has 2 aromatic rings. The summed E-state index contributed by atoms with van der Waals surface area (Å²) in [5.41, 5.74) is 1.80. The van der Waals surface area contributed by atoms with Gasteiger partial charge in [-0.25, -0.2) is 0 Å². The highest BCUT2D eigenvalue weighted by atomic mass is 16.5. The van der Waals surface area contributed by atoms with Crippen LogP contribution in [0.5, 0.6) is 11.5 Å². The first-order chi connectivity index (χ1) is 12.0. The molecule has 0 fully saturated rings. The standard InChI is InChI=1S/C21H27NO3/c1-15(2)13-24-18-9-7-8-17(12-18)22-21(23)14-25-20-11-6-5-10-19(20)16(3)4/h5-12,15-16H,13-14H2,1-4H3,(H,22,23). The number of ether oxygens (including phenoxy) is 2. The van der Waals surface area contributed by atoms with E-state index in [1.165, 1.54) is 0 Å². The number of hydrogen-bond acceptors (Lipinski definition) is 3. The van der Waals surface area contributed by atoms with Crippen molar-refractivity contribution in [3.05, 3.63) is 54.1 Å². The molecular formula is C21H27NO3. The van der Waals surface area contributed by atoms with Crippen LogP contribution in [0.3, 0.4) is 0 Å². The van der Waals surface area contributed by atoms with Gasteiger partial charge in [-0.3, -0.25) is 4.79 Å². The van der Waals surface area contributed by atoms with Crippen molar-refractivity contribution in [2.24, 2.45) is 5.92 Å². The Morgan fingerprint density at radius 3 is 2.48 bits per heavy atom. The van der Waals surface area contributed by atoms with Crippen LogP contribution in [-0.2, 0) is 4.79 Å². The van der Waals surface area contributed by atoms with Crippen LogP contribution < -0.4 is 14.8 Å². The third kappa shape index (κ3) is 6.14. The van der Waals surface area contributed by atoms with Crippen LogP contribution in [0.2, 0.25) is 0 Å². The minimum absolute atomic E-state index is 0.0270. The number of carbonyl (C=O) groups is 1. The second kappa shape index (κ2) is 9.11. The van der Waals surface area contributed by atoms with E-state index in [1.54, 1.807) is 0 Å². The lowest BCUT2D eigenvalue weighted by Gasteiger charge is -2.14. The molecule has 4 nitrogen and oxygen atoms in total. The minimum Gasteiger partial charge on any atom is -0.493 e. The van der Waals surface area contributed by atoms with E-state index < -0.39 is 0 Å². The average Bonchev–Trinajstić information content (AvgIpc) is 2.58. The van der Waals surface area contributed by atoms with E-state index in [0.29, 0.717) is 24.1 Å². The average molecular weight is 341 g/mol. The maximum Gasteiger partial charge on any atom is 0.262 e. The second-order valence-electron chi connectivity index (χ2n) is 6.76. The fourth-order valence-corrected chi connectivity index (χ4v) is 2.36. The predicted molar refractivity (Wildman–Crippen MR) is 101 cm³/mol. The summed E-state index contributed by atoms with van der Waals surface area (Å²) in [5.74, 6) is 2.10. The van der Waals surface area contributed by atoms with Crippen LogP contribution in [0, 0.1) is 5.92 Å². The van der Waals surface area contributed by atoms with Crippen molar-refractivity contribution in [1.29, 1.82) is 0 Å². The molecule has 0 saturated carbocycles. The first-order valence-corrected chi connectivity index (χ1v) is 8.70. The van der Waals surface area contributed by atoms with Gasteiger partial charge in [0.1, 0.15) is 11.5 Å². The van der Waals surface area contributed by atoms with Crippen molar-refractivity contribution in [3.63, 3.8) is 0 Å². The zero-order valence-corrected chi connectivity index (χ0v) is 15.4. The van der Waals surface area contributed by atoms with Gasteiger partial charge in [-0.15, -0.1) is 0 Å². The summed E-state index contributed by atoms with van der Waals surface area (Å²) >= 11 is 0. The fraction of sp³-hybridized carbons (Fsp3) is 0.381. The lowest BCUT2D eigenvalue weighted by molar-refractivity contribution is -0.118. The minimum atomic E-state index is -0.195. The third-order valence-electron chi connectivity index (χ3n) is 3.60. The van der Waals surface area contributed by atoms with Crippen LogP contribution >= 0.6 is 0 Å². The zero-order valence-electron chi connectivity index (χ0n) is 15.4. The first kappa shape index (κ1) is 18.8. The molecule has 2 aromatic carbocycles. The molecule has 25 heavy (non-hydrogen) atoms. The highest BCUT2D eigenvalue weighted by molar-refractivity contribution is 5.92. The van der Waals surface area contributed by atoms with Crippen LogP contribution in [0.25, 0.3) is 0 Å². The normalized spacial score (nSPS) is 10.8. The van der Waals surface area contributed by atoms with Gasteiger partial charge < -0.3 is 14.8 Å². The molecule has 0 radical (unpaired) electrons. The van der Waals surface area contributed by atoms with Crippen LogP contribution in [-0.4, -0.2) is 19.1 Å². The van der Waals surface area contributed by atoms with Gasteiger partial charge in [0.05, 0.1) is 6.61 Å². The summed E-state index contributed by atoms with van der Waals surface area (Å²) in [6.07, 6.45) is 0. The van der Waals surface area contributed by atoms with Crippen molar-refractivity contribution < 1.29 is 14.3 Å². The van der Waals surface area contributed by atoms with E-state index in [0.717, 1.165) is 17.1 Å². The Bertz CT molecular complexity index is 695. The molecular weight excluding hydrogens is 314 g/mol. The molecule has 0 saturated heterocycles. The quantitative estimate of drug-likeness (QED) is 0.746. The van der Waals surface area contributed by atoms with Gasteiger partial charge in [0, 0.05) is 11.8 Å². The summed E-state index contributed by atoms with van der Waals surface area (Å²) in [6, 6.07) is 15.2. The molecule has 0 aromatic heterocycles. The number of nitrogens with one attached hydrogen (secondary N) is 1. The van der Waals surface area contributed by atoms with Crippen LogP contribution in [0.4, 0.5) is 5.69 Å². The number of benzene rings is 2. The van der Waals surface area contributed by atoms with Gasteiger partial charge in [-0.1, -0.05) is 52.0 Å². The van der Waals surface area contributed by atoms with Gasteiger partial charge in [-0.05, 0) is 35.6 Å². The largest absolute Gasteiger partial charge is 0.493 e. The molecule has 0 bridgehead atoms. The summed E-state index contributed by atoms with van der Waals surface area (Å²) < 4.78 is 11.4. The highest BCUT2D eigenvalue weighted by Gasteiger charge is 2.10. The molecule has 4 heteroatoms. The van der Waals surface area contributed by atoms with Crippen molar-refractivity contribution in [1.82, 2.24) is 0 Å². The molecule has 0 aliphatic heterocycles. The number of para-hydroxylation sites is 1. The summed E-state index contributed by atoms with van der Waals surface area (Å²) in [4.78, 5) is 12.2. The predicted octanol–water partition coefficient (Wildman–Crippen LogP) is 4.86. The Hall–Kier alpha value is -2.49. The molecule has 0 unspecified atom stereocenters. The van der Waals surface area contributed by atoms with Gasteiger partial charge in [-0.2, -0.15) is 0 Å². The van der Waals surface area contributed by atoms with Gasteiger partial charge in [0.25, 0.3) is 5.91 Å². The smallest absolute Gasteiger partial charge is 0.262 e. The molecule has 1 N–H and O–H groups in total. The van der Waals surface area contributed by atoms with E-state index in [9.17, 15) is 4.79 Å². The van der Waals surface area contributed by atoms with Gasteiger partial charge >= 0.3 is 0 Å². The summed E-state index contributed by atoms with van der Waals surface area (Å²) in [5, 5.41) is 2.84. The molecule has 0 aliphatic rings. The van der Waals surface area contributed by atoms with Crippen molar-refractivity contribution >= 4 is 11.6 Å². The van der Waals surface area contributed by atoms with E-state index in [2.05, 4.69) is 33.0 Å². The highest BCUT2D eigenvalue weighted by Crippen LogP contribution is 2.25. The van der Waals surface area contributed by atoms with Gasteiger partial charge in [0.15, 0.2) is 6.61 Å². The molecule has 134 valence electrons. The molecule has 0 atom stereocenters. The molecule has 0 heterocycles. The lowest BCUT2D eigenvalue weighted by Crippen LogP contribution is -2.20. The monoisotopic (exact) mass is 341 g/mol. The Morgan fingerprint density at radius 2 is 1.76 bits per heavy atom. The Kier molecular flexibility index (Phi) is 6.87. The SMILES string of the molecule is CC(C)COc1cccc(NC(=O)COc2ccccc2C(C)C)c1. The Balaban J connectivity index is 1.91. The zero-order chi connectivity index (χ0) is 18.2. The lowest BCUT2D eigenvalue weighted by atomic mass is 10.0. The number of hydrogen-bond donors (Lipinski definition) is 1. The van der Waals surface area contributed by atoms with E-state index in [-0.39, 0.29) is 12.5 Å². The third-order valence-corrected chi connectivity index (χ3v) is 3.60. The van der Waals surface area contributed by atoms with Crippen molar-refractivity contribution in [2.75, 3.05) is 18.5 Å². The first-order valence-electron chi connectivity index (χ1n) is 8.70.